The first-order valence-electron chi connectivity index (χ1n) is 7.84. The molecule has 6 heteroatoms. The molecular weight excluding hydrogens is 296 g/mol. The summed E-state index contributed by atoms with van der Waals surface area (Å²) in [6, 6.07) is 7.10. The lowest BCUT2D eigenvalue weighted by molar-refractivity contribution is -0.137. The largest absolute Gasteiger partial charge is 0.452 e. The molecule has 1 aromatic rings. The SMILES string of the molecule is CCc1ccc(C(=O)OCC(=O)N2CCC[C@H](C(N)=O)C2)cc1. The van der Waals surface area contributed by atoms with Gasteiger partial charge in [0, 0.05) is 13.1 Å². The van der Waals surface area contributed by atoms with Gasteiger partial charge in [0.25, 0.3) is 5.91 Å². The summed E-state index contributed by atoms with van der Waals surface area (Å²) >= 11 is 0. The Hall–Kier alpha value is -2.37. The standard InChI is InChI=1S/C17H22N2O4/c1-2-12-5-7-13(8-6-12)17(22)23-11-15(20)19-9-3-4-14(10-19)16(18)21/h5-8,14H,2-4,9-11H2,1H3,(H2,18,21)/t14-/m0/s1. The normalized spacial score (nSPS) is 17.6. The molecule has 0 saturated carbocycles. The number of esters is 1. The van der Waals surface area contributed by atoms with Crippen molar-refractivity contribution in [1.82, 2.24) is 4.90 Å². The summed E-state index contributed by atoms with van der Waals surface area (Å²) in [5, 5.41) is 0. The number of hydrogen-bond donors (Lipinski definition) is 1. The van der Waals surface area contributed by atoms with Crippen molar-refractivity contribution in [2.45, 2.75) is 26.2 Å². The predicted molar refractivity (Wildman–Crippen MR) is 84.6 cm³/mol. The number of carbonyl (C=O) groups is 3. The molecule has 23 heavy (non-hydrogen) atoms. The molecule has 0 aromatic heterocycles. The Labute approximate surface area is 135 Å². The van der Waals surface area contributed by atoms with Crippen LogP contribution in [0.4, 0.5) is 0 Å². The fraction of sp³-hybridized carbons (Fsp3) is 0.471. The molecular formula is C17H22N2O4. The molecule has 2 amide bonds. The highest BCUT2D eigenvalue weighted by Crippen LogP contribution is 2.16. The van der Waals surface area contributed by atoms with Crippen LogP contribution in [0.25, 0.3) is 0 Å². The molecule has 1 aliphatic heterocycles. The van der Waals surface area contributed by atoms with Crippen molar-refractivity contribution < 1.29 is 19.1 Å². The van der Waals surface area contributed by atoms with Crippen LogP contribution in [-0.2, 0) is 20.7 Å². The Morgan fingerprint density at radius 1 is 1.26 bits per heavy atom. The Kier molecular flexibility index (Phi) is 5.73. The summed E-state index contributed by atoms with van der Waals surface area (Å²) in [6.07, 6.45) is 2.32. The number of benzene rings is 1. The molecule has 1 atom stereocenters. The molecule has 0 unspecified atom stereocenters. The first kappa shape index (κ1) is 17.0. The van der Waals surface area contributed by atoms with E-state index < -0.39 is 11.9 Å². The zero-order valence-corrected chi connectivity index (χ0v) is 13.3. The van der Waals surface area contributed by atoms with Crippen molar-refractivity contribution in [2.75, 3.05) is 19.7 Å². The Morgan fingerprint density at radius 3 is 2.57 bits per heavy atom. The van der Waals surface area contributed by atoms with E-state index in [-0.39, 0.29) is 18.4 Å². The summed E-state index contributed by atoms with van der Waals surface area (Å²) in [6.45, 7) is 2.58. The van der Waals surface area contributed by atoms with Gasteiger partial charge in [0.15, 0.2) is 6.61 Å². The fourth-order valence-electron chi connectivity index (χ4n) is 2.61. The molecule has 1 aliphatic rings. The molecule has 1 heterocycles. The number of piperidine rings is 1. The molecule has 2 rings (SSSR count). The number of ether oxygens (including phenoxy) is 1. The van der Waals surface area contributed by atoms with Gasteiger partial charge in [-0.2, -0.15) is 0 Å². The number of aryl methyl sites for hydroxylation is 1. The third-order valence-corrected chi connectivity index (χ3v) is 4.10. The van der Waals surface area contributed by atoms with Crippen molar-refractivity contribution in [3.63, 3.8) is 0 Å². The van der Waals surface area contributed by atoms with Crippen molar-refractivity contribution in [3.8, 4) is 0 Å². The van der Waals surface area contributed by atoms with Crippen molar-refractivity contribution in [2.24, 2.45) is 11.7 Å². The number of amides is 2. The van der Waals surface area contributed by atoms with Gasteiger partial charge in [0.1, 0.15) is 0 Å². The van der Waals surface area contributed by atoms with E-state index in [0.717, 1.165) is 18.4 Å². The Bertz CT molecular complexity index is 583. The highest BCUT2D eigenvalue weighted by molar-refractivity contribution is 5.91. The number of hydrogen-bond acceptors (Lipinski definition) is 4. The van der Waals surface area contributed by atoms with E-state index in [9.17, 15) is 14.4 Å². The first-order chi connectivity index (χ1) is 11.0. The van der Waals surface area contributed by atoms with Crippen LogP contribution in [0.5, 0.6) is 0 Å². The minimum Gasteiger partial charge on any atom is -0.452 e. The second-order valence-corrected chi connectivity index (χ2v) is 5.71. The van der Waals surface area contributed by atoms with Gasteiger partial charge in [-0.15, -0.1) is 0 Å². The van der Waals surface area contributed by atoms with Crippen LogP contribution in [0.1, 0.15) is 35.7 Å². The van der Waals surface area contributed by atoms with Gasteiger partial charge in [-0.3, -0.25) is 9.59 Å². The van der Waals surface area contributed by atoms with Crippen LogP contribution in [0.15, 0.2) is 24.3 Å². The highest BCUT2D eigenvalue weighted by Gasteiger charge is 2.27. The number of rotatable bonds is 5. The lowest BCUT2D eigenvalue weighted by Crippen LogP contribution is -2.45. The summed E-state index contributed by atoms with van der Waals surface area (Å²) in [7, 11) is 0. The molecule has 0 radical (unpaired) electrons. The minimum absolute atomic E-state index is 0.297. The van der Waals surface area contributed by atoms with Crippen molar-refractivity contribution in [1.29, 1.82) is 0 Å². The van der Waals surface area contributed by atoms with Crippen LogP contribution in [0.2, 0.25) is 0 Å². The quantitative estimate of drug-likeness (QED) is 0.824. The topological polar surface area (TPSA) is 89.7 Å². The third-order valence-electron chi connectivity index (χ3n) is 4.10. The number of nitrogens with two attached hydrogens (primary N) is 1. The number of likely N-dealkylation sites (tertiary alicyclic amines) is 1. The van der Waals surface area contributed by atoms with E-state index in [1.807, 2.05) is 19.1 Å². The summed E-state index contributed by atoms with van der Waals surface area (Å²) in [4.78, 5) is 36.8. The maximum atomic E-state index is 12.1. The van der Waals surface area contributed by atoms with E-state index in [2.05, 4.69) is 0 Å². The summed E-state index contributed by atoms with van der Waals surface area (Å²) < 4.78 is 5.07. The molecule has 0 spiro atoms. The van der Waals surface area contributed by atoms with E-state index in [1.165, 1.54) is 4.90 Å². The summed E-state index contributed by atoms with van der Waals surface area (Å²) in [5.74, 6) is -1.53. The van der Waals surface area contributed by atoms with Gasteiger partial charge in [0.05, 0.1) is 11.5 Å². The van der Waals surface area contributed by atoms with Gasteiger partial charge in [0.2, 0.25) is 5.91 Å². The number of carbonyl (C=O) groups excluding carboxylic acids is 3. The average Bonchev–Trinajstić information content (AvgIpc) is 2.59. The molecule has 124 valence electrons. The maximum Gasteiger partial charge on any atom is 0.338 e. The third kappa shape index (κ3) is 4.55. The Balaban J connectivity index is 1.85. The lowest BCUT2D eigenvalue weighted by atomic mass is 9.97. The maximum absolute atomic E-state index is 12.1. The second-order valence-electron chi connectivity index (χ2n) is 5.71. The fourth-order valence-corrected chi connectivity index (χ4v) is 2.61. The Morgan fingerprint density at radius 2 is 1.96 bits per heavy atom. The number of nitrogens with zero attached hydrogens (tertiary/aromatic N) is 1. The van der Waals surface area contributed by atoms with E-state index in [4.69, 9.17) is 10.5 Å². The van der Waals surface area contributed by atoms with Gasteiger partial charge in [-0.1, -0.05) is 19.1 Å². The van der Waals surface area contributed by atoms with Gasteiger partial charge < -0.3 is 15.4 Å². The molecule has 0 aliphatic carbocycles. The highest BCUT2D eigenvalue weighted by atomic mass is 16.5. The van der Waals surface area contributed by atoms with E-state index >= 15 is 0 Å². The van der Waals surface area contributed by atoms with Crippen LogP contribution in [0, 0.1) is 5.92 Å². The molecule has 0 bridgehead atoms. The van der Waals surface area contributed by atoms with Crippen molar-refractivity contribution >= 4 is 17.8 Å². The van der Waals surface area contributed by atoms with Crippen LogP contribution in [0.3, 0.4) is 0 Å². The molecule has 6 nitrogen and oxygen atoms in total. The van der Waals surface area contributed by atoms with Gasteiger partial charge in [-0.25, -0.2) is 4.79 Å². The molecule has 1 saturated heterocycles. The van der Waals surface area contributed by atoms with E-state index in [0.29, 0.717) is 25.1 Å². The molecule has 2 N–H and O–H groups in total. The van der Waals surface area contributed by atoms with Gasteiger partial charge >= 0.3 is 5.97 Å². The van der Waals surface area contributed by atoms with Gasteiger partial charge in [-0.05, 0) is 37.0 Å². The summed E-state index contributed by atoms with van der Waals surface area (Å²) in [5.41, 5.74) is 6.84. The first-order valence-corrected chi connectivity index (χ1v) is 7.84. The molecule has 1 fully saturated rings. The predicted octanol–water partition coefficient (Wildman–Crippen LogP) is 1.13. The van der Waals surface area contributed by atoms with Crippen molar-refractivity contribution in [3.05, 3.63) is 35.4 Å². The average molecular weight is 318 g/mol. The minimum atomic E-state index is -0.524. The van der Waals surface area contributed by atoms with Crippen LogP contribution < -0.4 is 5.73 Å². The monoisotopic (exact) mass is 318 g/mol. The van der Waals surface area contributed by atoms with Crippen LogP contribution >= 0.6 is 0 Å². The molecule has 1 aromatic carbocycles. The smallest absolute Gasteiger partial charge is 0.338 e. The second kappa shape index (κ2) is 7.76. The van der Waals surface area contributed by atoms with E-state index in [1.54, 1.807) is 12.1 Å². The lowest BCUT2D eigenvalue weighted by Gasteiger charge is -2.31. The van der Waals surface area contributed by atoms with Crippen LogP contribution in [-0.4, -0.2) is 42.4 Å². The zero-order valence-electron chi connectivity index (χ0n) is 13.3. The number of primary amides is 1. The zero-order chi connectivity index (χ0) is 16.8.